The predicted molar refractivity (Wildman–Crippen MR) is 80.6 cm³/mol. The van der Waals surface area contributed by atoms with Gasteiger partial charge >= 0.3 is 0 Å². The summed E-state index contributed by atoms with van der Waals surface area (Å²) in [6, 6.07) is 7.43. The van der Waals surface area contributed by atoms with E-state index < -0.39 is 0 Å². The van der Waals surface area contributed by atoms with E-state index in [9.17, 15) is 9.59 Å². The van der Waals surface area contributed by atoms with Crippen molar-refractivity contribution >= 4 is 34.5 Å². The molecule has 1 aliphatic rings. The number of thiophene rings is 1. The van der Waals surface area contributed by atoms with E-state index in [1.165, 1.54) is 11.3 Å². The molecule has 0 radical (unpaired) electrons. The SMILES string of the molecule is Cc1csc(C(=O)Nc2ccc3c(c2)CC(=O)N3C)c1. The van der Waals surface area contributed by atoms with Crippen molar-refractivity contribution in [2.75, 3.05) is 17.3 Å². The van der Waals surface area contributed by atoms with Gasteiger partial charge in [0.1, 0.15) is 0 Å². The number of carbonyl (C=O) groups is 2. The van der Waals surface area contributed by atoms with Gasteiger partial charge in [-0.3, -0.25) is 9.59 Å². The van der Waals surface area contributed by atoms with Gasteiger partial charge in [0.25, 0.3) is 5.91 Å². The molecule has 1 N–H and O–H groups in total. The molecule has 0 fully saturated rings. The van der Waals surface area contributed by atoms with Crippen molar-refractivity contribution in [2.24, 2.45) is 0 Å². The molecule has 2 heterocycles. The molecule has 4 nitrogen and oxygen atoms in total. The van der Waals surface area contributed by atoms with Crippen molar-refractivity contribution in [3.63, 3.8) is 0 Å². The van der Waals surface area contributed by atoms with Gasteiger partial charge in [-0.1, -0.05) is 0 Å². The lowest BCUT2D eigenvalue weighted by molar-refractivity contribution is -0.117. The smallest absolute Gasteiger partial charge is 0.265 e. The lowest BCUT2D eigenvalue weighted by atomic mass is 10.1. The number of amides is 2. The van der Waals surface area contributed by atoms with E-state index in [1.54, 1.807) is 11.9 Å². The van der Waals surface area contributed by atoms with Crippen LogP contribution in [0.1, 0.15) is 20.8 Å². The molecule has 20 heavy (non-hydrogen) atoms. The van der Waals surface area contributed by atoms with E-state index in [4.69, 9.17) is 0 Å². The van der Waals surface area contributed by atoms with Crippen molar-refractivity contribution < 1.29 is 9.59 Å². The fourth-order valence-electron chi connectivity index (χ4n) is 2.29. The van der Waals surface area contributed by atoms with Crippen molar-refractivity contribution in [3.8, 4) is 0 Å². The minimum absolute atomic E-state index is 0.0809. The van der Waals surface area contributed by atoms with E-state index >= 15 is 0 Å². The zero-order chi connectivity index (χ0) is 14.3. The largest absolute Gasteiger partial charge is 0.321 e. The Kier molecular flexibility index (Phi) is 3.06. The number of benzene rings is 1. The third-order valence-corrected chi connectivity index (χ3v) is 4.42. The average molecular weight is 286 g/mol. The number of anilines is 2. The summed E-state index contributed by atoms with van der Waals surface area (Å²) in [5.74, 6) is -0.0295. The van der Waals surface area contributed by atoms with Crippen molar-refractivity contribution in [1.82, 2.24) is 0 Å². The molecule has 0 unspecified atom stereocenters. The summed E-state index contributed by atoms with van der Waals surface area (Å²) in [4.78, 5) is 26.0. The maximum absolute atomic E-state index is 12.1. The molecule has 102 valence electrons. The topological polar surface area (TPSA) is 49.4 Å². The van der Waals surface area contributed by atoms with Gasteiger partial charge in [-0.25, -0.2) is 0 Å². The summed E-state index contributed by atoms with van der Waals surface area (Å²) < 4.78 is 0. The third kappa shape index (κ3) is 2.20. The van der Waals surface area contributed by atoms with Crippen molar-refractivity contribution in [2.45, 2.75) is 13.3 Å². The number of fused-ring (bicyclic) bond motifs is 1. The van der Waals surface area contributed by atoms with Gasteiger partial charge in [0, 0.05) is 18.4 Å². The Labute approximate surface area is 121 Å². The molecule has 5 heteroatoms. The van der Waals surface area contributed by atoms with Crippen LogP contribution in [-0.4, -0.2) is 18.9 Å². The first kappa shape index (κ1) is 12.9. The Bertz CT molecular complexity index is 706. The molecular weight excluding hydrogens is 272 g/mol. The number of carbonyl (C=O) groups excluding carboxylic acids is 2. The lowest BCUT2D eigenvalue weighted by Gasteiger charge is -2.10. The van der Waals surface area contributed by atoms with Crippen LogP contribution in [0.2, 0.25) is 0 Å². The second-order valence-electron chi connectivity index (χ2n) is 4.92. The van der Waals surface area contributed by atoms with E-state index in [0.717, 1.165) is 22.5 Å². The fraction of sp³-hybridized carbons (Fsp3) is 0.200. The zero-order valence-corrected chi connectivity index (χ0v) is 12.1. The maximum Gasteiger partial charge on any atom is 0.265 e. The summed E-state index contributed by atoms with van der Waals surface area (Å²) in [5.41, 5.74) is 3.68. The van der Waals surface area contributed by atoms with Gasteiger partial charge in [-0.15, -0.1) is 11.3 Å². The molecule has 0 aliphatic carbocycles. The maximum atomic E-state index is 12.1. The van der Waals surface area contributed by atoms with Gasteiger partial charge in [-0.05, 0) is 47.7 Å². The van der Waals surface area contributed by atoms with Crippen LogP contribution >= 0.6 is 11.3 Å². The van der Waals surface area contributed by atoms with Gasteiger partial charge in [0.2, 0.25) is 5.91 Å². The van der Waals surface area contributed by atoms with Crippen LogP contribution in [0.15, 0.2) is 29.6 Å². The standard InChI is InChI=1S/C15H14N2O2S/c1-9-5-13(20-8-9)15(19)16-11-3-4-12-10(6-11)7-14(18)17(12)2/h3-6,8H,7H2,1-2H3,(H,16,19). The summed E-state index contributed by atoms with van der Waals surface area (Å²) in [7, 11) is 1.76. The Morgan fingerprint density at radius 2 is 2.15 bits per heavy atom. The third-order valence-electron chi connectivity index (χ3n) is 3.37. The van der Waals surface area contributed by atoms with Crippen LogP contribution < -0.4 is 10.2 Å². The number of likely N-dealkylation sites (N-methyl/N-ethyl adjacent to an activating group) is 1. The van der Waals surface area contributed by atoms with Crippen LogP contribution in [0.5, 0.6) is 0 Å². The average Bonchev–Trinajstić information content (AvgIpc) is 2.95. The van der Waals surface area contributed by atoms with E-state index in [0.29, 0.717) is 11.3 Å². The highest BCUT2D eigenvalue weighted by molar-refractivity contribution is 7.12. The number of nitrogens with zero attached hydrogens (tertiary/aromatic N) is 1. The number of nitrogens with one attached hydrogen (secondary N) is 1. The number of hydrogen-bond donors (Lipinski definition) is 1. The molecule has 3 rings (SSSR count). The highest BCUT2D eigenvalue weighted by Gasteiger charge is 2.24. The second-order valence-corrected chi connectivity index (χ2v) is 5.83. The van der Waals surface area contributed by atoms with Gasteiger partial charge in [-0.2, -0.15) is 0 Å². The summed E-state index contributed by atoms with van der Waals surface area (Å²) in [6.45, 7) is 1.96. The molecule has 1 aromatic carbocycles. The quantitative estimate of drug-likeness (QED) is 0.923. The monoisotopic (exact) mass is 286 g/mol. The van der Waals surface area contributed by atoms with E-state index in [1.807, 2.05) is 36.6 Å². The second kappa shape index (κ2) is 4.76. The van der Waals surface area contributed by atoms with Crippen LogP contribution in [0.4, 0.5) is 11.4 Å². The molecule has 1 aliphatic heterocycles. The first-order valence-corrected chi connectivity index (χ1v) is 7.18. The van der Waals surface area contributed by atoms with Crippen LogP contribution in [0.3, 0.4) is 0 Å². The molecule has 0 saturated heterocycles. The molecule has 2 amide bonds. The van der Waals surface area contributed by atoms with Gasteiger partial charge in [0.05, 0.1) is 11.3 Å². The molecule has 0 atom stereocenters. The first-order chi connectivity index (χ1) is 9.54. The van der Waals surface area contributed by atoms with Gasteiger partial charge < -0.3 is 10.2 Å². The molecule has 0 spiro atoms. The number of rotatable bonds is 2. The number of aryl methyl sites for hydroxylation is 1. The molecule has 2 aromatic rings. The summed E-state index contributed by atoms with van der Waals surface area (Å²) in [5, 5.41) is 4.82. The molecule has 0 saturated carbocycles. The van der Waals surface area contributed by atoms with Crippen LogP contribution in [0, 0.1) is 6.92 Å². The zero-order valence-electron chi connectivity index (χ0n) is 11.3. The molecular formula is C15H14N2O2S. The Balaban J connectivity index is 1.81. The Morgan fingerprint density at radius 3 is 2.85 bits per heavy atom. The predicted octanol–water partition coefficient (Wildman–Crippen LogP) is 2.83. The summed E-state index contributed by atoms with van der Waals surface area (Å²) >= 11 is 1.43. The fourth-order valence-corrected chi connectivity index (χ4v) is 3.08. The van der Waals surface area contributed by atoms with E-state index in [-0.39, 0.29) is 11.8 Å². The van der Waals surface area contributed by atoms with E-state index in [2.05, 4.69) is 5.32 Å². The molecule has 0 bridgehead atoms. The first-order valence-electron chi connectivity index (χ1n) is 6.30. The van der Waals surface area contributed by atoms with Crippen molar-refractivity contribution in [1.29, 1.82) is 0 Å². The highest BCUT2D eigenvalue weighted by Crippen LogP contribution is 2.30. The highest BCUT2D eigenvalue weighted by atomic mass is 32.1. The number of hydrogen-bond acceptors (Lipinski definition) is 3. The van der Waals surface area contributed by atoms with Crippen LogP contribution in [0.25, 0.3) is 0 Å². The summed E-state index contributed by atoms with van der Waals surface area (Å²) in [6.07, 6.45) is 0.396. The van der Waals surface area contributed by atoms with Crippen molar-refractivity contribution in [3.05, 3.63) is 45.6 Å². The minimum Gasteiger partial charge on any atom is -0.321 e. The lowest BCUT2D eigenvalue weighted by Crippen LogP contribution is -2.20. The van der Waals surface area contributed by atoms with Gasteiger partial charge in [0.15, 0.2) is 0 Å². The Hall–Kier alpha value is -2.14. The van der Waals surface area contributed by atoms with Crippen LogP contribution in [-0.2, 0) is 11.2 Å². The Morgan fingerprint density at radius 1 is 1.35 bits per heavy atom. The molecule has 1 aromatic heterocycles. The minimum atomic E-state index is -0.110. The normalized spacial score (nSPS) is 13.5.